The Morgan fingerprint density at radius 3 is 1.86 bits per heavy atom. The van der Waals surface area contributed by atoms with Crippen LogP contribution in [0.3, 0.4) is 0 Å². The fraction of sp³-hybridized carbons (Fsp3) is 0.451. The summed E-state index contributed by atoms with van der Waals surface area (Å²) in [6.45, 7) is 11.9. The minimum Gasteiger partial charge on any atom is -0.469 e. The standard InChI is InChI=1S/C51H62N4O14/c1-7-33-30(2)39-27-44-37-11-8-36(49(61)69-25-22-66-19-16-58)48(50(62)63-6)51(37,5)45(55-44)29-40-32(4)35(10-13-47(60)68-24-21-65-18-15-57)43(54-40)28-42-34(31(3)38(53-42)26-41(33)52-39)9-12-46(59)67-23-20-64-17-14-56/h7-8,11,26-29,48,52,54,56-58H,1,9-10,12-25H2,2-6H3/t48-,51+/m0/s1. The largest absolute Gasteiger partial charge is 0.469 e. The molecular formula is C51H62N4O14. The summed E-state index contributed by atoms with van der Waals surface area (Å²) in [5, 5.41) is 27.2. The number of fused-ring (bicyclic) bond motifs is 11. The molecular weight excluding hydrogens is 893 g/mol. The minimum absolute atomic E-state index is 0.00889. The monoisotopic (exact) mass is 954 g/mol. The fourth-order valence-electron chi connectivity index (χ4n) is 8.81. The molecule has 3 aliphatic rings. The van der Waals surface area contributed by atoms with Gasteiger partial charge in [0, 0.05) is 40.5 Å². The lowest BCUT2D eigenvalue weighted by Crippen LogP contribution is -2.42. The van der Waals surface area contributed by atoms with Crippen molar-refractivity contribution in [2.45, 2.75) is 58.8 Å². The predicted octanol–water partition coefficient (Wildman–Crippen LogP) is 4.94. The lowest BCUT2D eigenvalue weighted by Gasteiger charge is -2.36. The maximum atomic E-state index is 14.1. The molecule has 5 heterocycles. The minimum atomic E-state index is -1.28. The number of aliphatic hydroxyl groups excluding tert-OH is 3. The van der Waals surface area contributed by atoms with E-state index in [-0.39, 0.29) is 111 Å². The molecule has 8 bridgehead atoms. The van der Waals surface area contributed by atoms with Gasteiger partial charge in [0.15, 0.2) is 0 Å². The molecule has 0 amide bonds. The number of rotatable bonds is 24. The third-order valence-electron chi connectivity index (χ3n) is 12.4. The van der Waals surface area contributed by atoms with Gasteiger partial charge in [-0.05, 0) is 98.2 Å². The van der Waals surface area contributed by atoms with E-state index >= 15 is 0 Å². The van der Waals surface area contributed by atoms with E-state index in [2.05, 4.69) is 16.5 Å². The average molecular weight is 955 g/mol. The summed E-state index contributed by atoms with van der Waals surface area (Å²) in [5.41, 5.74) is 9.16. The molecule has 370 valence electrons. The second-order valence-corrected chi connectivity index (χ2v) is 16.6. The first-order valence-corrected chi connectivity index (χ1v) is 22.9. The highest BCUT2D eigenvalue weighted by Crippen LogP contribution is 2.52. The Labute approximate surface area is 400 Å². The molecule has 18 heteroatoms. The third kappa shape index (κ3) is 12.0. The Morgan fingerprint density at radius 2 is 1.25 bits per heavy atom. The quantitative estimate of drug-likeness (QED) is 0.0453. The zero-order valence-electron chi connectivity index (χ0n) is 39.9. The number of allylic oxidation sites excluding steroid dienone is 5. The van der Waals surface area contributed by atoms with Gasteiger partial charge >= 0.3 is 23.9 Å². The van der Waals surface area contributed by atoms with Gasteiger partial charge in [-0.2, -0.15) is 0 Å². The summed E-state index contributed by atoms with van der Waals surface area (Å²) < 4.78 is 37.7. The van der Waals surface area contributed by atoms with Crippen molar-refractivity contribution < 1.29 is 67.7 Å². The molecule has 0 saturated heterocycles. The molecule has 2 atom stereocenters. The number of carbonyl (C=O) groups is 4. The van der Waals surface area contributed by atoms with Crippen LogP contribution in [0.2, 0.25) is 0 Å². The number of hydrogen-bond acceptors (Lipinski definition) is 16. The number of carbonyl (C=O) groups excluding carboxylic acids is 4. The van der Waals surface area contributed by atoms with Crippen LogP contribution in [0, 0.1) is 19.8 Å². The summed E-state index contributed by atoms with van der Waals surface area (Å²) in [5.74, 6) is -3.51. The number of esters is 4. The number of nitrogens with one attached hydrogen (secondary N) is 2. The lowest BCUT2D eigenvalue weighted by molar-refractivity contribution is -0.150. The van der Waals surface area contributed by atoms with Gasteiger partial charge in [-0.25, -0.2) is 9.78 Å². The smallest absolute Gasteiger partial charge is 0.335 e. The molecule has 0 saturated carbocycles. The number of aromatic nitrogens is 4. The van der Waals surface area contributed by atoms with E-state index in [0.29, 0.717) is 44.9 Å². The van der Waals surface area contributed by atoms with E-state index < -0.39 is 35.2 Å². The van der Waals surface area contributed by atoms with Crippen molar-refractivity contribution in [2.24, 2.45) is 5.92 Å². The summed E-state index contributed by atoms with van der Waals surface area (Å²) in [7, 11) is 1.26. The zero-order chi connectivity index (χ0) is 49.7. The van der Waals surface area contributed by atoms with E-state index in [0.717, 1.165) is 38.9 Å². The molecule has 0 aromatic carbocycles. The van der Waals surface area contributed by atoms with Gasteiger partial charge < -0.3 is 58.4 Å². The third-order valence-corrected chi connectivity index (χ3v) is 12.4. The normalized spacial score (nSPS) is 16.4. The molecule has 0 spiro atoms. The van der Waals surface area contributed by atoms with Gasteiger partial charge in [0.2, 0.25) is 0 Å². The van der Waals surface area contributed by atoms with E-state index in [9.17, 15) is 19.2 Å². The maximum absolute atomic E-state index is 14.1. The highest BCUT2D eigenvalue weighted by molar-refractivity contribution is 6.02. The molecule has 6 rings (SSSR count). The molecule has 5 N–H and O–H groups in total. The molecule has 3 aromatic heterocycles. The lowest BCUT2D eigenvalue weighted by atomic mass is 9.64. The number of aromatic amines is 2. The van der Waals surface area contributed by atoms with Crippen LogP contribution in [0.1, 0.15) is 78.1 Å². The Hall–Kier alpha value is -6.28. The van der Waals surface area contributed by atoms with Gasteiger partial charge in [-0.15, -0.1) is 0 Å². The van der Waals surface area contributed by atoms with Crippen LogP contribution >= 0.6 is 0 Å². The van der Waals surface area contributed by atoms with Crippen LogP contribution in [-0.4, -0.2) is 146 Å². The number of nitrogens with zero attached hydrogens (tertiary/aromatic N) is 2. The Bertz CT molecular complexity index is 2680. The number of ether oxygens (including phenoxy) is 7. The predicted molar refractivity (Wildman–Crippen MR) is 256 cm³/mol. The highest BCUT2D eigenvalue weighted by atomic mass is 16.6. The first-order valence-electron chi connectivity index (χ1n) is 22.9. The molecule has 18 nitrogen and oxygen atoms in total. The van der Waals surface area contributed by atoms with Crippen molar-refractivity contribution in [3.05, 3.63) is 93.6 Å². The number of hydrogen-bond donors (Lipinski definition) is 5. The number of aryl methyl sites for hydroxylation is 3. The van der Waals surface area contributed by atoms with E-state index in [1.807, 2.05) is 52.0 Å². The SMILES string of the molecule is C=Cc1c(C)c2cc3nc(cc4[nH]c(cc5nc(cc1[nH]2)C(C)=C5CCC(=O)OCCOCCO)c(CCC(=O)OCCOCCO)c4C)[C@@]1(C)C3=CC=C(C(=O)OCCOCCO)[C@H]1C(=O)OC. The van der Waals surface area contributed by atoms with Gasteiger partial charge in [-0.3, -0.25) is 19.4 Å². The molecule has 69 heavy (non-hydrogen) atoms. The molecule has 0 radical (unpaired) electrons. The Kier molecular flexibility index (Phi) is 18.4. The van der Waals surface area contributed by atoms with Crippen LogP contribution in [0.4, 0.5) is 0 Å². The highest BCUT2D eigenvalue weighted by Gasteiger charge is 2.53. The second-order valence-electron chi connectivity index (χ2n) is 16.6. The van der Waals surface area contributed by atoms with Crippen LogP contribution < -0.4 is 0 Å². The summed E-state index contributed by atoms with van der Waals surface area (Å²) in [6, 6.07) is 7.56. The zero-order valence-corrected chi connectivity index (χ0v) is 39.9. The molecule has 2 aliphatic heterocycles. The number of H-pyrrole nitrogens is 2. The average Bonchev–Trinajstić information content (AvgIpc) is 3.99. The fourth-order valence-corrected chi connectivity index (χ4v) is 8.81. The van der Waals surface area contributed by atoms with Gasteiger partial charge in [-0.1, -0.05) is 24.8 Å². The van der Waals surface area contributed by atoms with Crippen molar-refractivity contribution in [3.63, 3.8) is 0 Å². The van der Waals surface area contributed by atoms with Gasteiger partial charge in [0.25, 0.3) is 0 Å². The van der Waals surface area contributed by atoms with Crippen molar-refractivity contribution in [2.75, 3.05) is 86.4 Å². The number of aliphatic hydroxyl groups is 3. The molecule has 0 unspecified atom stereocenters. The summed E-state index contributed by atoms with van der Waals surface area (Å²) in [6.07, 6.45) is 5.68. The second kappa shape index (κ2) is 24.3. The molecule has 3 aromatic rings. The van der Waals surface area contributed by atoms with Crippen LogP contribution in [0.15, 0.2) is 48.6 Å². The van der Waals surface area contributed by atoms with E-state index in [1.165, 1.54) is 7.11 Å². The van der Waals surface area contributed by atoms with Gasteiger partial charge in [0.05, 0.1) is 100 Å². The number of methoxy groups -OCH3 is 1. The van der Waals surface area contributed by atoms with Crippen molar-refractivity contribution >= 4 is 68.7 Å². The van der Waals surface area contributed by atoms with Crippen LogP contribution in [-0.2, 0) is 64.2 Å². The van der Waals surface area contributed by atoms with Crippen molar-refractivity contribution in [1.29, 1.82) is 0 Å². The first kappa shape index (κ1) is 52.1. The summed E-state index contributed by atoms with van der Waals surface area (Å²) >= 11 is 0. The van der Waals surface area contributed by atoms with Crippen LogP contribution in [0.5, 0.6) is 0 Å². The molecule has 1 aliphatic carbocycles. The van der Waals surface area contributed by atoms with Crippen molar-refractivity contribution in [3.8, 4) is 0 Å². The van der Waals surface area contributed by atoms with E-state index in [1.54, 1.807) is 18.2 Å². The summed E-state index contributed by atoms with van der Waals surface area (Å²) in [4.78, 5) is 71.5. The Morgan fingerprint density at radius 1 is 0.681 bits per heavy atom. The molecule has 0 fully saturated rings. The maximum Gasteiger partial charge on any atom is 0.335 e. The Balaban J connectivity index is 1.56. The van der Waals surface area contributed by atoms with Crippen molar-refractivity contribution in [1.82, 2.24) is 19.9 Å². The topological polar surface area (TPSA) is 251 Å². The van der Waals surface area contributed by atoms with Crippen LogP contribution in [0.25, 0.3) is 44.9 Å². The first-order chi connectivity index (χ1) is 33.3. The van der Waals surface area contributed by atoms with Gasteiger partial charge in [0.1, 0.15) is 25.7 Å². The van der Waals surface area contributed by atoms with E-state index in [4.69, 9.17) is 58.4 Å².